The van der Waals surface area contributed by atoms with Crippen molar-refractivity contribution in [2.24, 2.45) is 5.73 Å². The number of nitrogens with one attached hydrogen (secondary N) is 1. The standard InChI is InChI=1S/C13H12BrN3S/c1-8-5-6-16-7-11(8)17-10-4-2-3-9(14)12(10)13(15)18/h2-7,17H,1H3,(H2,15,18). The van der Waals surface area contributed by atoms with Crippen molar-refractivity contribution in [3.8, 4) is 0 Å². The SMILES string of the molecule is Cc1ccncc1Nc1cccc(Br)c1C(N)=S. The van der Waals surface area contributed by atoms with Crippen LogP contribution < -0.4 is 11.1 Å². The maximum atomic E-state index is 5.75. The highest BCUT2D eigenvalue weighted by Gasteiger charge is 2.10. The lowest BCUT2D eigenvalue weighted by Crippen LogP contribution is -2.13. The van der Waals surface area contributed by atoms with Gasteiger partial charge in [0, 0.05) is 21.9 Å². The molecule has 3 N–H and O–H groups in total. The summed E-state index contributed by atoms with van der Waals surface area (Å²) < 4.78 is 0.876. The van der Waals surface area contributed by atoms with Crippen LogP contribution in [0.5, 0.6) is 0 Å². The normalized spacial score (nSPS) is 10.1. The summed E-state index contributed by atoms with van der Waals surface area (Å²) in [6, 6.07) is 7.72. The molecule has 0 radical (unpaired) electrons. The molecule has 2 rings (SSSR count). The molecule has 1 aromatic carbocycles. The second kappa shape index (κ2) is 5.46. The van der Waals surface area contributed by atoms with Crippen molar-refractivity contribution in [1.82, 2.24) is 4.98 Å². The molecule has 0 atom stereocenters. The number of benzene rings is 1. The van der Waals surface area contributed by atoms with E-state index < -0.39 is 0 Å². The van der Waals surface area contributed by atoms with Gasteiger partial charge in [0.15, 0.2) is 0 Å². The summed E-state index contributed by atoms with van der Waals surface area (Å²) in [4.78, 5) is 4.45. The van der Waals surface area contributed by atoms with Crippen LogP contribution in [0, 0.1) is 6.92 Å². The van der Waals surface area contributed by atoms with Crippen molar-refractivity contribution in [1.29, 1.82) is 0 Å². The highest BCUT2D eigenvalue weighted by molar-refractivity contribution is 9.10. The van der Waals surface area contributed by atoms with Crippen LogP contribution in [0.2, 0.25) is 0 Å². The Morgan fingerprint density at radius 2 is 2.11 bits per heavy atom. The average molecular weight is 322 g/mol. The van der Waals surface area contributed by atoms with Gasteiger partial charge in [0.05, 0.1) is 11.9 Å². The molecule has 0 bridgehead atoms. The lowest BCUT2D eigenvalue weighted by atomic mass is 10.1. The predicted molar refractivity (Wildman–Crippen MR) is 82.3 cm³/mol. The highest BCUT2D eigenvalue weighted by Crippen LogP contribution is 2.28. The summed E-state index contributed by atoms with van der Waals surface area (Å²) in [5.41, 5.74) is 9.47. The smallest absolute Gasteiger partial charge is 0.107 e. The first kappa shape index (κ1) is 13.0. The second-order valence-electron chi connectivity index (χ2n) is 3.84. The lowest BCUT2D eigenvalue weighted by Gasteiger charge is -2.13. The molecule has 0 amide bonds. The number of aromatic nitrogens is 1. The fraction of sp³-hybridized carbons (Fsp3) is 0.0769. The van der Waals surface area contributed by atoms with Gasteiger partial charge >= 0.3 is 0 Å². The van der Waals surface area contributed by atoms with Crippen LogP contribution in [-0.4, -0.2) is 9.97 Å². The number of aryl methyl sites for hydroxylation is 1. The van der Waals surface area contributed by atoms with Crippen molar-refractivity contribution in [2.75, 3.05) is 5.32 Å². The Hall–Kier alpha value is -1.46. The van der Waals surface area contributed by atoms with Gasteiger partial charge in [-0.05, 0) is 46.6 Å². The van der Waals surface area contributed by atoms with E-state index in [9.17, 15) is 0 Å². The topological polar surface area (TPSA) is 50.9 Å². The van der Waals surface area contributed by atoms with Crippen molar-refractivity contribution < 1.29 is 0 Å². The maximum absolute atomic E-state index is 5.75. The van der Waals surface area contributed by atoms with E-state index in [4.69, 9.17) is 18.0 Å². The van der Waals surface area contributed by atoms with Gasteiger partial charge in [-0.25, -0.2) is 0 Å². The molecule has 0 saturated carbocycles. The average Bonchev–Trinajstić information content (AvgIpc) is 2.31. The number of thiocarbonyl (C=S) groups is 1. The Bertz CT molecular complexity index is 599. The zero-order valence-electron chi connectivity index (χ0n) is 9.77. The molecule has 0 saturated heterocycles. The van der Waals surface area contributed by atoms with E-state index in [0.29, 0.717) is 4.99 Å². The lowest BCUT2D eigenvalue weighted by molar-refractivity contribution is 1.28. The van der Waals surface area contributed by atoms with Gasteiger partial charge in [0.2, 0.25) is 0 Å². The van der Waals surface area contributed by atoms with Crippen molar-refractivity contribution >= 4 is 44.5 Å². The molecule has 0 unspecified atom stereocenters. The van der Waals surface area contributed by atoms with E-state index in [1.54, 1.807) is 12.4 Å². The fourth-order valence-corrected chi connectivity index (χ4v) is 2.55. The molecule has 2 aromatic rings. The third-order valence-corrected chi connectivity index (χ3v) is 3.43. The van der Waals surface area contributed by atoms with Gasteiger partial charge in [-0.1, -0.05) is 18.3 Å². The first-order valence-corrected chi connectivity index (χ1v) is 6.55. The minimum absolute atomic E-state index is 0.353. The van der Waals surface area contributed by atoms with E-state index in [1.165, 1.54) is 0 Å². The van der Waals surface area contributed by atoms with Gasteiger partial charge in [-0.15, -0.1) is 0 Å². The number of hydrogen-bond donors (Lipinski definition) is 2. The molecule has 0 aliphatic rings. The van der Waals surface area contributed by atoms with E-state index in [2.05, 4.69) is 26.2 Å². The molecular formula is C13H12BrN3S. The van der Waals surface area contributed by atoms with Crippen LogP contribution in [0.25, 0.3) is 0 Å². The molecule has 0 aliphatic carbocycles. The number of hydrogen-bond acceptors (Lipinski definition) is 3. The molecule has 1 aromatic heterocycles. The minimum Gasteiger partial charge on any atom is -0.389 e. The molecule has 1 heterocycles. The summed E-state index contributed by atoms with van der Waals surface area (Å²) in [6.07, 6.45) is 3.54. The molecule has 18 heavy (non-hydrogen) atoms. The number of rotatable bonds is 3. The summed E-state index contributed by atoms with van der Waals surface area (Å²) in [6.45, 7) is 2.02. The van der Waals surface area contributed by atoms with E-state index in [-0.39, 0.29) is 0 Å². The van der Waals surface area contributed by atoms with Gasteiger partial charge in [-0.2, -0.15) is 0 Å². The maximum Gasteiger partial charge on any atom is 0.107 e. The second-order valence-corrected chi connectivity index (χ2v) is 5.14. The Balaban J connectivity index is 2.44. The first-order chi connectivity index (χ1) is 8.59. The number of nitrogens with zero attached hydrogens (tertiary/aromatic N) is 1. The monoisotopic (exact) mass is 321 g/mol. The van der Waals surface area contributed by atoms with E-state index in [1.807, 2.05) is 31.2 Å². The van der Waals surface area contributed by atoms with Crippen LogP contribution in [0.15, 0.2) is 41.1 Å². The van der Waals surface area contributed by atoms with Crippen LogP contribution in [0.1, 0.15) is 11.1 Å². The zero-order valence-corrected chi connectivity index (χ0v) is 12.2. The third kappa shape index (κ3) is 2.68. The van der Waals surface area contributed by atoms with Crippen molar-refractivity contribution in [2.45, 2.75) is 6.92 Å². The Kier molecular flexibility index (Phi) is 3.93. The van der Waals surface area contributed by atoms with Gasteiger partial charge in [0.25, 0.3) is 0 Å². The quantitative estimate of drug-likeness (QED) is 0.849. The van der Waals surface area contributed by atoms with Crippen LogP contribution in [-0.2, 0) is 0 Å². The summed E-state index contributed by atoms with van der Waals surface area (Å²) >= 11 is 8.53. The molecule has 0 spiro atoms. The van der Waals surface area contributed by atoms with Gasteiger partial charge < -0.3 is 11.1 Å². The van der Waals surface area contributed by atoms with Crippen LogP contribution in [0.3, 0.4) is 0 Å². The van der Waals surface area contributed by atoms with Gasteiger partial charge in [0.1, 0.15) is 4.99 Å². The number of halogens is 1. The highest BCUT2D eigenvalue weighted by atomic mass is 79.9. The summed E-state index contributed by atoms with van der Waals surface area (Å²) in [7, 11) is 0. The Labute approximate surface area is 120 Å². The first-order valence-electron chi connectivity index (χ1n) is 5.35. The number of pyridine rings is 1. The largest absolute Gasteiger partial charge is 0.389 e. The van der Waals surface area contributed by atoms with Crippen LogP contribution in [0.4, 0.5) is 11.4 Å². The summed E-state index contributed by atoms with van der Waals surface area (Å²) in [5.74, 6) is 0. The Morgan fingerprint density at radius 1 is 1.33 bits per heavy atom. The molecule has 0 fully saturated rings. The van der Waals surface area contributed by atoms with Gasteiger partial charge in [-0.3, -0.25) is 4.98 Å². The predicted octanol–water partition coefficient (Wildman–Crippen LogP) is 3.53. The van der Waals surface area contributed by atoms with Crippen LogP contribution >= 0.6 is 28.1 Å². The molecule has 5 heteroatoms. The minimum atomic E-state index is 0.353. The number of nitrogens with two attached hydrogens (primary N) is 1. The van der Waals surface area contributed by atoms with E-state index in [0.717, 1.165) is 27.0 Å². The molecular weight excluding hydrogens is 310 g/mol. The summed E-state index contributed by atoms with van der Waals surface area (Å²) in [5, 5.41) is 3.30. The fourth-order valence-electron chi connectivity index (χ4n) is 1.62. The molecule has 0 aliphatic heterocycles. The third-order valence-electron chi connectivity index (χ3n) is 2.57. The van der Waals surface area contributed by atoms with E-state index >= 15 is 0 Å². The van der Waals surface area contributed by atoms with Crippen molar-refractivity contribution in [3.63, 3.8) is 0 Å². The number of anilines is 2. The Morgan fingerprint density at radius 3 is 2.78 bits per heavy atom. The molecule has 92 valence electrons. The van der Waals surface area contributed by atoms with Crippen molar-refractivity contribution in [3.05, 3.63) is 52.3 Å². The zero-order chi connectivity index (χ0) is 13.1. The molecule has 3 nitrogen and oxygen atoms in total.